The Balaban J connectivity index is 1.73. The first kappa shape index (κ1) is 8.77. The second kappa shape index (κ2) is 3.93. The lowest BCUT2D eigenvalue weighted by Gasteiger charge is -2.28. The Labute approximate surface area is 77.4 Å². The predicted molar refractivity (Wildman–Crippen MR) is 47.6 cm³/mol. The van der Waals surface area contributed by atoms with E-state index in [2.05, 4.69) is 15.5 Å². The number of carbonyl (C=O) groups excluding carboxylic acids is 1. The van der Waals surface area contributed by atoms with Crippen LogP contribution < -0.4 is 10.6 Å². The highest BCUT2D eigenvalue weighted by Crippen LogP contribution is 2.00. The van der Waals surface area contributed by atoms with Crippen LogP contribution in [0, 0.1) is 0 Å². The zero-order valence-corrected chi connectivity index (χ0v) is 7.58. The van der Waals surface area contributed by atoms with Gasteiger partial charge in [-0.3, -0.25) is 4.90 Å². The summed E-state index contributed by atoms with van der Waals surface area (Å²) in [6.45, 7) is 5.26. The zero-order valence-electron chi connectivity index (χ0n) is 7.58. The summed E-state index contributed by atoms with van der Waals surface area (Å²) in [5, 5.41) is 5.62. The molecule has 5 nitrogen and oxygen atoms in total. The van der Waals surface area contributed by atoms with Crippen LogP contribution in [-0.2, 0) is 4.74 Å². The summed E-state index contributed by atoms with van der Waals surface area (Å²) in [5.41, 5.74) is 0. The molecule has 5 heteroatoms. The van der Waals surface area contributed by atoms with Crippen molar-refractivity contribution in [3.8, 4) is 0 Å². The molecule has 2 fully saturated rings. The van der Waals surface area contributed by atoms with Gasteiger partial charge in [0.25, 0.3) is 0 Å². The van der Waals surface area contributed by atoms with Gasteiger partial charge < -0.3 is 15.4 Å². The minimum atomic E-state index is -0.0433. The highest BCUT2D eigenvalue weighted by molar-refractivity contribution is 5.76. The first-order valence-corrected chi connectivity index (χ1v) is 4.69. The number of urea groups is 1. The number of hydrogen-bond acceptors (Lipinski definition) is 3. The molecule has 2 rings (SSSR count). The molecule has 2 aliphatic rings. The third kappa shape index (κ3) is 2.32. The van der Waals surface area contributed by atoms with E-state index in [1.54, 1.807) is 0 Å². The number of ether oxygens (including phenoxy) is 1. The molecule has 0 bridgehead atoms. The molecule has 0 spiro atoms. The molecule has 2 heterocycles. The van der Waals surface area contributed by atoms with Crippen molar-refractivity contribution in [2.45, 2.75) is 6.04 Å². The van der Waals surface area contributed by atoms with E-state index < -0.39 is 0 Å². The molecule has 0 aromatic carbocycles. The van der Waals surface area contributed by atoms with E-state index in [1.807, 2.05) is 0 Å². The number of amides is 2. The minimum Gasteiger partial charge on any atom is -0.379 e. The normalized spacial score (nSPS) is 29.8. The molecule has 2 N–H and O–H groups in total. The average molecular weight is 185 g/mol. The molecule has 0 aromatic rings. The van der Waals surface area contributed by atoms with E-state index in [0.29, 0.717) is 0 Å². The van der Waals surface area contributed by atoms with Crippen molar-refractivity contribution in [2.24, 2.45) is 0 Å². The molecule has 0 aliphatic carbocycles. The molecular weight excluding hydrogens is 170 g/mol. The lowest BCUT2D eigenvalue weighted by atomic mass is 10.3. The molecular formula is C8H15N3O2. The molecule has 13 heavy (non-hydrogen) atoms. The van der Waals surface area contributed by atoms with Gasteiger partial charge in [0.05, 0.1) is 19.3 Å². The van der Waals surface area contributed by atoms with E-state index in [9.17, 15) is 4.79 Å². The SMILES string of the molecule is O=C1NCC(CN2CCOCC2)N1. The van der Waals surface area contributed by atoms with Gasteiger partial charge in [-0.05, 0) is 0 Å². The Kier molecular flexibility index (Phi) is 2.65. The van der Waals surface area contributed by atoms with E-state index in [0.717, 1.165) is 39.4 Å². The van der Waals surface area contributed by atoms with E-state index >= 15 is 0 Å². The Bertz CT molecular complexity index is 192. The van der Waals surface area contributed by atoms with Crippen molar-refractivity contribution in [3.05, 3.63) is 0 Å². The fourth-order valence-electron chi connectivity index (χ4n) is 1.71. The highest BCUT2D eigenvalue weighted by atomic mass is 16.5. The first-order chi connectivity index (χ1) is 6.34. The first-order valence-electron chi connectivity index (χ1n) is 4.69. The van der Waals surface area contributed by atoms with Crippen molar-refractivity contribution >= 4 is 6.03 Å². The molecule has 2 amide bonds. The maximum Gasteiger partial charge on any atom is 0.315 e. The maximum atomic E-state index is 10.8. The predicted octanol–water partition coefficient (Wildman–Crippen LogP) is -1.000. The van der Waals surface area contributed by atoms with Gasteiger partial charge in [0.2, 0.25) is 0 Å². The van der Waals surface area contributed by atoms with Crippen molar-refractivity contribution < 1.29 is 9.53 Å². The van der Waals surface area contributed by atoms with E-state index in [1.165, 1.54) is 0 Å². The van der Waals surface area contributed by atoms with Crippen LogP contribution in [0.1, 0.15) is 0 Å². The fraction of sp³-hybridized carbons (Fsp3) is 0.875. The van der Waals surface area contributed by atoms with Gasteiger partial charge >= 0.3 is 6.03 Å². The lowest BCUT2D eigenvalue weighted by Crippen LogP contribution is -2.44. The number of carbonyl (C=O) groups is 1. The summed E-state index contributed by atoms with van der Waals surface area (Å²) in [6, 6.07) is 0.226. The molecule has 1 unspecified atom stereocenters. The Morgan fingerprint density at radius 2 is 2.23 bits per heavy atom. The van der Waals surface area contributed by atoms with Crippen LogP contribution in [0.4, 0.5) is 4.79 Å². The Morgan fingerprint density at radius 3 is 2.85 bits per heavy atom. The summed E-state index contributed by atoms with van der Waals surface area (Å²) >= 11 is 0. The number of hydrogen-bond donors (Lipinski definition) is 2. The van der Waals surface area contributed by atoms with Gasteiger partial charge in [-0.2, -0.15) is 0 Å². The summed E-state index contributed by atoms with van der Waals surface area (Å²) in [7, 11) is 0. The molecule has 1 atom stereocenters. The molecule has 74 valence electrons. The third-order valence-electron chi connectivity index (χ3n) is 2.43. The van der Waals surface area contributed by atoms with Crippen LogP contribution in [0.25, 0.3) is 0 Å². The maximum absolute atomic E-state index is 10.8. The van der Waals surface area contributed by atoms with Gasteiger partial charge in [0.15, 0.2) is 0 Å². The van der Waals surface area contributed by atoms with Crippen LogP contribution in [0.5, 0.6) is 0 Å². The Hall–Kier alpha value is -0.810. The van der Waals surface area contributed by atoms with Gasteiger partial charge in [0.1, 0.15) is 0 Å². The number of nitrogens with zero attached hydrogens (tertiary/aromatic N) is 1. The van der Waals surface area contributed by atoms with Crippen LogP contribution in [-0.4, -0.2) is 56.4 Å². The zero-order chi connectivity index (χ0) is 9.10. The van der Waals surface area contributed by atoms with Crippen molar-refractivity contribution in [3.63, 3.8) is 0 Å². The molecule has 0 saturated carbocycles. The van der Waals surface area contributed by atoms with Gasteiger partial charge in [-0.25, -0.2) is 4.79 Å². The highest BCUT2D eigenvalue weighted by Gasteiger charge is 2.22. The van der Waals surface area contributed by atoms with Crippen LogP contribution in [0.15, 0.2) is 0 Å². The largest absolute Gasteiger partial charge is 0.379 e. The number of rotatable bonds is 2. The van der Waals surface area contributed by atoms with Crippen molar-refractivity contribution in [2.75, 3.05) is 39.4 Å². The van der Waals surface area contributed by atoms with Crippen LogP contribution in [0.3, 0.4) is 0 Å². The molecule has 2 aliphatic heterocycles. The van der Waals surface area contributed by atoms with Crippen molar-refractivity contribution in [1.29, 1.82) is 0 Å². The second-order valence-electron chi connectivity index (χ2n) is 3.46. The number of nitrogens with one attached hydrogen (secondary N) is 2. The smallest absolute Gasteiger partial charge is 0.315 e. The van der Waals surface area contributed by atoms with E-state index in [4.69, 9.17) is 4.74 Å². The fourth-order valence-corrected chi connectivity index (χ4v) is 1.71. The van der Waals surface area contributed by atoms with Crippen molar-refractivity contribution in [1.82, 2.24) is 15.5 Å². The Morgan fingerprint density at radius 1 is 1.46 bits per heavy atom. The topological polar surface area (TPSA) is 53.6 Å². The molecule has 2 saturated heterocycles. The summed E-state index contributed by atoms with van der Waals surface area (Å²) in [4.78, 5) is 13.2. The third-order valence-corrected chi connectivity index (χ3v) is 2.43. The van der Waals surface area contributed by atoms with Crippen LogP contribution in [0.2, 0.25) is 0 Å². The minimum absolute atomic E-state index is 0.0433. The quantitative estimate of drug-likeness (QED) is 0.580. The lowest BCUT2D eigenvalue weighted by molar-refractivity contribution is 0.0351. The molecule has 0 radical (unpaired) electrons. The van der Waals surface area contributed by atoms with Gasteiger partial charge in [0, 0.05) is 26.2 Å². The summed E-state index contributed by atoms with van der Waals surface area (Å²) in [6.07, 6.45) is 0. The van der Waals surface area contributed by atoms with Gasteiger partial charge in [-0.15, -0.1) is 0 Å². The monoisotopic (exact) mass is 185 g/mol. The van der Waals surface area contributed by atoms with Crippen LogP contribution >= 0.6 is 0 Å². The molecule has 0 aromatic heterocycles. The van der Waals surface area contributed by atoms with Gasteiger partial charge in [-0.1, -0.05) is 0 Å². The standard InChI is InChI=1S/C8H15N3O2/c12-8-9-5-7(10-8)6-11-1-3-13-4-2-11/h7H,1-6H2,(H2,9,10,12). The average Bonchev–Trinajstić information content (AvgIpc) is 2.53. The number of morpholine rings is 1. The van der Waals surface area contributed by atoms with E-state index in [-0.39, 0.29) is 12.1 Å². The second-order valence-corrected chi connectivity index (χ2v) is 3.46. The summed E-state index contributed by atoms with van der Waals surface area (Å²) < 4.78 is 5.24. The summed E-state index contributed by atoms with van der Waals surface area (Å²) in [5.74, 6) is 0.